The van der Waals surface area contributed by atoms with E-state index in [-0.39, 0.29) is 0 Å². The van der Waals surface area contributed by atoms with Gasteiger partial charge < -0.3 is 5.32 Å². The third-order valence-corrected chi connectivity index (χ3v) is 4.55. The van der Waals surface area contributed by atoms with Crippen LogP contribution in [0.3, 0.4) is 0 Å². The summed E-state index contributed by atoms with van der Waals surface area (Å²) in [6.45, 7) is 5.69. The van der Waals surface area contributed by atoms with Crippen molar-refractivity contribution in [1.29, 1.82) is 0 Å². The van der Waals surface area contributed by atoms with Gasteiger partial charge in [-0.1, -0.05) is 26.3 Å². The Labute approximate surface area is 103 Å². The summed E-state index contributed by atoms with van der Waals surface area (Å²) in [5.41, 5.74) is 0. The largest absolute Gasteiger partial charge is 0.314 e. The number of nitrogens with one attached hydrogen (secondary N) is 1. The predicted molar refractivity (Wildman–Crippen MR) is 72.0 cm³/mol. The molecular weight excluding hydrogens is 214 g/mol. The topological polar surface area (TPSA) is 12.0 Å². The molecule has 1 saturated carbocycles. The molecule has 0 aromatic carbocycles. The SMILES string of the molecule is CC(C)NCC1CCCC1Cc1cccs1. The Morgan fingerprint density at radius 1 is 1.38 bits per heavy atom. The van der Waals surface area contributed by atoms with Gasteiger partial charge in [0.2, 0.25) is 0 Å². The van der Waals surface area contributed by atoms with Crippen LogP contribution in [0, 0.1) is 11.8 Å². The predicted octanol–water partition coefficient (Wildman–Crippen LogP) is 3.70. The molecule has 1 aliphatic carbocycles. The molecule has 2 atom stereocenters. The minimum Gasteiger partial charge on any atom is -0.314 e. The fourth-order valence-corrected chi connectivity index (χ4v) is 3.52. The highest BCUT2D eigenvalue weighted by Gasteiger charge is 2.27. The van der Waals surface area contributed by atoms with E-state index in [0.717, 1.165) is 11.8 Å². The Morgan fingerprint density at radius 3 is 2.88 bits per heavy atom. The lowest BCUT2D eigenvalue weighted by atomic mass is 9.92. The van der Waals surface area contributed by atoms with E-state index >= 15 is 0 Å². The molecule has 0 bridgehead atoms. The van der Waals surface area contributed by atoms with Crippen molar-refractivity contribution in [3.05, 3.63) is 22.4 Å². The van der Waals surface area contributed by atoms with E-state index in [2.05, 4.69) is 36.7 Å². The molecule has 1 nitrogen and oxygen atoms in total. The summed E-state index contributed by atoms with van der Waals surface area (Å²) in [5, 5.41) is 5.80. The molecule has 1 aromatic heterocycles. The molecule has 1 aromatic rings. The number of thiophene rings is 1. The van der Waals surface area contributed by atoms with Gasteiger partial charge >= 0.3 is 0 Å². The molecule has 1 aliphatic rings. The van der Waals surface area contributed by atoms with Crippen molar-refractivity contribution in [3.63, 3.8) is 0 Å². The highest BCUT2D eigenvalue weighted by Crippen LogP contribution is 2.34. The molecular formula is C14H23NS. The van der Waals surface area contributed by atoms with Crippen LogP contribution in [0.5, 0.6) is 0 Å². The zero-order chi connectivity index (χ0) is 11.4. The maximum Gasteiger partial charge on any atom is 0.00480 e. The van der Waals surface area contributed by atoms with Gasteiger partial charge in [-0.3, -0.25) is 0 Å². The lowest BCUT2D eigenvalue weighted by Gasteiger charge is -2.20. The van der Waals surface area contributed by atoms with Crippen molar-refractivity contribution in [2.24, 2.45) is 11.8 Å². The quantitative estimate of drug-likeness (QED) is 0.823. The van der Waals surface area contributed by atoms with Gasteiger partial charge in [0.15, 0.2) is 0 Å². The van der Waals surface area contributed by atoms with Crippen LogP contribution < -0.4 is 5.32 Å². The number of hydrogen-bond acceptors (Lipinski definition) is 2. The summed E-state index contributed by atoms with van der Waals surface area (Å²) in [6.07, 6.45) is 5.60. The fraction of sp³-hybridized carbons (Fsp3) is 0.714. The zero-order valence-corrected chi connectivity index (χ0v) is 11.2. The second kappa shape index (κ2) is 5.83. The van der Waals surface area contributed by atoms with Gasteiger partial charge in [-0.15, -0.1) is 11.3 Å². The molecule has 2 heteroatoms. The van der Waals surface area contributed by atoms with Crippen molar-refractivity contribution >= 4 is 11.3 Å². The summed E-state index contributed by atoms with van der Waals surface area (Å²) in [4.78, 5) is 1.57. The van der Waals surface area contributed by atoms with E-state index in [1.165, 1.54) is 32.2 Å². The maximum atomic E-state index is 3.60. The van der Waals surface area contributed by atoms with E-state index in [9.17, 15) is 0 Å². The van der Waals surface area contributed by atoms with Gasteiger partial charge in [-0.05, 0) is 49.1 Å². The molecule has 1 heterocycles. The van der Waals surface area contributed by atoms with Gasteiger partial charge in [-0.25, -0.2) is 0 Å². The molecule has 1 N–H and O–H groups in total. The smallest absolute Gasteiger partial charge is 0.00480 e. The van der Waals surface area contributed by atoms with Gasteiger partial charge in [0.25, 0.3) is 0 Å². The highest BCUT2D eigenvalue weighted by molar-refractivity contribution is 7.09. The summed E-state index contributed by atoms with van der Waals surface area (Å²) in [7, 11) is 0. The Morgan fingerprint density at radius 2 is 2.19 bits per heavy atom. The third kappa shape index (κ3) is 3.33. The van der Waals surface area contributed by atoms with Gasteiger partial charge in [0, 0.05) is 10.9 Å². The normalized spacial score (nSPS) is 25.4. The first-order valence-corrected chi connectivity index (χ1v) is 7.39. The Bertz CT molecular complexity index is 292. The average molecular weight is 237 g/mol. The molecule has 1 fully saturated rings. The van der Waals surface area contributed by atoms with Gasteiger partial charge in [0.1, 0.15) is 0 Å². The fourth-order valence-electron chi connectivity index (χ4n) is 2.73. The van der Waals surface area contributed by atoms with Crippen LogP contribution in [0.25, 0.3) is 0 Å². The van der Waals surface area contributed by atoms with Crippen molar-refractivity contribution in [2.45, 2.75) is 45.6 Å². The van der Waals surface area contributed by atoms with Gasteiger partial charge in [-0.2, -0.15) is 0 Å². The van der Waals surface area contributed by atoms with Crippen molar-refractivity contribution < 1.29 is 0 Å². The molecule has 90 valence electrons. The lowest BCUT2D eigenvalue weighted by Crippen LogP contribution is -2.31. The molecule has 2 unspecified atom stereocenters. The molecule has 0 amide bonds. The van der Waals surface area contributed by atoms with E-state index in [1.54, 1.807) is 4.88 Å². The summed E-state index contributed by atoms with van der Waals surface area (Å²) in [5.74, 6) is 1.83. The van der Waals surface area contributed by atoms with Crippen LogP contribution in [0.15, 0.2) is 17.5 Å². The van der Waals surface area contributed by atoms with Crippen molar-refractivity contribution in [2.75, 3.05) is 6.54 Å². The zero-order valence-electron chi connectivity index (χ0n) is 10.4. The van der Waals surface area contributed by atoms with Crippen molar-refractivity contribution in [1.82, 2.24) is 5.32 Å². The number of rotatable bonds is 5. The minimum absolute atomic E-state index is 0.628. The summed E-state index contributed by atoms with van der Waals surface area (Å²) in [6, 6.07) is 5.09. The highest BCUT2D eigenvalue weighted by atomic mass is 32.1. The monoisotopic (exact) mass is 237 g/mol. The maximum absolute atomic E-state index is 3.60. The first kappa shape index (κ1) is 12.1. The van der Waals surface area contributed by atoms with Crippen LogP contribution in [0.1, 0.15) is 38.0 Å². The van der Waals surface area contributed by atoms with Crippen LogP contribution in [-0.2, 0) is 6.42 Å². The molecule has 16 heavy (non-hydrogen) atoms. The van der Waals surface area contributed by atoms with Crippen LogP contribution in [0.4, 0.5) is 0 Å². The molecule has 0 radical (unpaired) electrons. The molecule has 2 rings (SSSR count). The summed E-state index contributed by atoms with van der Waals surface area (Å²) >= 11 is 1.92. The van der Waals surface area contributed by atoms with E-state index in [0.29, 0.717) is 6.04 Å². The molecule has 0 aliphatic heterocycles. The van der Waals surface area contributed by atoms with Crippen LogP contribution in [-0.4, -0.2) is 12.6 Å². The summed E-state index contributed by atoms with van der Waals surface area (Å²) < 4.78 is 0. The Kier molecular flexibility index (Phi) is 4.42. The van der Waals surface area contributed by atoms with Crippen molar-refractivity contribution in [3.8, 4) is 0 Å². The Hall–Kier alpha value is -0.340. The van der Waals surface area contributed by atoms with E-state index in [4.69, 9.17) is 0 Å². The first-order chi connectivity index (χ1) is 7.75. The minimum atomic E-state index is 0.628. The first-order valence-electron chi connectivity index (χ1n) is 6.51. The van der Waals surface area contributed by atoms with E-state index < -0.39 is 0 Å². The van der Waals surface area contributed by atoms with Gasteiger partial charge in [0.05, 0.1) is 0 Å². The third-order valence-electron chi connectivity index (χ3n) is 3.65. The number of hydrogen-bond donors (Lipinski definition) is 1. The second-order valence-electron chi connectivity index (χ2n) is 5.30. The van der Waals surface area contributed by atoms with Crippen LogP contribution in [0.2, 0.25) is 0 Å². The second-order valence-corrected chi connectivity index (χ2v) is 6.33. The standard InChI is InChI=1S/C14H23NS/c1-11(2)15-10-13-6-3-5-12(13)9-14-7-4-8-16-14/h4,7-8,11-13,15H,3,5-6,9-10H2,1-2H3. The Balaban J connectivity index is 1.83. The lowest BCUT2D eigenvalue weighted by molar-refractivity contribution is 0.355. The average Bonchev–Trinajstić information content (AvgIpc) is 2.87. The molecule has 0 spiro atoms. The van der Waals surface area contributed by atoms with Crippen LogP contribution >= 0.6 is 11.3 Å². The molecule has 0 saturated heterocycles. The van der Waals surface area contributed by atoms with E-state index in [1.807, 2.05) is 11.3 Å².